The van der Waals surface area contributed by atoms with Crippen LogP contribution in [0.3, 0.4) is 0 Å². The van der Waals surface area contributed by atoms with Crippen LogP contribution in [0.5, 0.6) is 34.5 Å². The Bertz CT molecular complexity index is 2950. The molecule has 0 amide bonds. The van der Waals surface area contributed by atoms with Crippen molar-refractivity contribution in [2.24, 2.45) is 11.8 Å². The Labute approximate surface area is 442 Å². The lowest BCUT2D eigenvalue weighted by atomic mass is 9.77. The number of benzene rings is 6. The van der Waals surface area contributed by atoms with Crippen LogP contribution in [0, 0.1) is 29.0 Å². The third kappa shape index (κ3) is 12.7. The maximum Gasteiger partial charge on any atom is 0.200 e. The third-order valence-electron chi connectivity index (χ3n) is 16.1. The maximum atomic E-state index is 15.2. The molecule has 10 heteroatoms. The van der Waals surface area contributed by atoms with Crippen molar-refractivity contribution in [1.29, 1.82) is 5.26 Å². The molecule has 0 saturated heterocycles. The summed E-state index contributed by atoms with van der Waals surface area (Å²) in [6.07, 6.45) is 25.2. The minimum atomic E-state index is -0.764. The Balaban J connectivity index is 1.000. The smallest absolute Gasteiger partial charge is 0.200 e. The molecule has 0 bridgehead atoms. The lowest BCUT2D eigenvalue weighted by molar-refractivity contribution is 0.0974. The first-order chi connectivity index (χ1) is 36.6. The topological polar surface area (TPSA) is 141 Å². The minimum absolute atomic E-state index is 0.0757. The van der Waals surface area contributed by atoms with Crippen LogP contribution in [0.1, 0.15) is 203 Å². The zero-order chi connectivity index (χ0) is 52.3. The van der Waals surface area contributed by atoms with Crippen molar-refractivity contribution in [1.82, 2.24) is 0 Å². The number of unbranched alkanes of at least 4 members (excludes halogenated alkanes) is 8. The van der Waals surface area contributed by atoms with Crippen molar-refractivity contribution in [3.05, 3.63) is 154 Å². The number of aromatic hydroxyl groups is 2. The van der Waals surface area contributed by atoms with E-state index in [0.717, 1.165) is 37.5 Å². The highest BCUT2D eigenvalue weighted by atomic mass is 19.1. The monoisotopic (exact) mass is 1010 g/mol. The summed E-state index contributed by atoms with van der Waals surface area (Å²) in [6, 6.07) is 32.8. The highest BCUT2D eigenvalue weighted by Crippen LogP contribution is 2.51. The van der Waals surface area contributed by atoms with Gasteiger partial charge in [0.15, 0.2) is 23.0 Å². The van der Waals surface area contributed by atoms with E-state index in [1.165, 1.54) is 150 Å². The molecule has 4 N–H and O–H groups in total. The van der Waals surface area contributed by atoms with Crippen LogP contribution in [-0.4, -0.2) is 21.8 Å². The predicted molar refractivity (Wildman–Crippen MR) is 296 cm³/mol. The molecule has 0 heterocycles. The largest absolute Gasteiger partial charge is 0.504 e. The second-order valence-corrected chi connectivity index (χ2v) is 21.3. The molecule has 3 aliphatic rings. The minimum Gasteiger partial charge on any atom is -0.504 e. The van der Waals surface area contributed by atoms with Gasteiger partial charge < -0.3 is 30.3 Å². The fourth-order valence-electron chi connectivity index (χ4n) is 11.8. The van der Waals surface area contributed by atoms with Crippen molar-refractivity contribution in [2.45, 2.75) is 154 Å². The van der Waals surface area contributed by atoms with Gasteiger partial charge in [-0.15, -0.1) is 0 Å². The molecule has 0 radical (unpaired) electrons. The number of nitrogens with one attached hydrogen (secondary N) is 2. The van der Waals surface area contributed by atoms with Crippen LogP contribution in [0.4, 0.5) is 27.1 Å². The number of carbonyl (C=O) groups excluding carboxylic acids is 2. The molecule has 75 heavy (non-hydrogen) atoms. The van der Waals surface area contributed by atoms with Crippen LogP contribution in [0.15, 0.2) is 109 Å². The number of phenolic OH excluding ortho intramolecular Hbond substituents is 2. The Morgan fingerprint density at radius 3 is 1.29 bits per heavy atom. The molecule has 2 saturated carbocycles. The third-order valence-corrected chi connectivity index (χ3v) is 16.1. The summed E-state index contributed by atoms with van der Waals surface area (Å²) in [5.41, 5.74) is 2.93. The summed E-state index contributed by atoms with van der Waals surface area (Å²) in [4.78, 5) is 30.4. The fourth-order valence-corrected chi connectivity index (χ4v) is 11.8. The summed E-state index contributed by atoms with van der Waals surface area (Å²) in [5, 5.41) is 40.3. The number of halogens is 1. The van der Waals surface area contributed by atoms with Gasteiger partial charge in [-0.2, -0.15) is 5.26 Å². The lowest BCUT2D eigenvalue weighted by Crippen LogP contribution is -2.24. The highest BCUT2D eigenvalue weighted by molar-refractivity contribution is 6.34. The molecule has 0 atom stereocenters. The number of anilines is 4. The van der Waals surface area contributed by atoms with Gasteiger partial charge in [-0.1, -0.05) is 115 Å². The van der Waals surface area contributed by atoms with E-state index >= 15 is 9.59 Å². The maximum absolute atomic E-state index is 15.2. The number of phenols is 2. The summed E-state index contributed by atoms with van der Waals surface area (Å²) in [7, 11) is 0. The van der Waals surface area contributed by atoms with E-state index in [1.54, 1.807) is 24.3 Å². The average molecular weight is 1010 g/mol. The first-order valence-corrected chi connectivity index (χ1v) is 27.8. The van der Waals surface area contributed by atoms with Crippen LogP contribution in [-0.2, 0) is 0 Å². The van der Waals surface area contributed by atoms with Crippen LogP contribution < -0.4 is 20.1 Å². The zero-order valence-electron chi connectivity index (χ0n) is 43.7. The number of fused-ring (bicyclic) bond motifs is 2. The molecule has 3 aliphatic carbocycles. The SMILES string of the molecule is CCCCCCCC1CCC(c2ccc(Oc3cc(Nc4ccc(F)cc4)c4c(c3O)C(=O)c3c(Nc5ccc(C#N)cc5)cc(Oc5ccc(C6CCC(CCCCCCC)CC6)cc5)c(O)c3C4=O)cc2)CC1. The molecule has 390 valence electrons. The van der Waals surface area contributed by atoms with Gasteiger partial charge in [0.2, 0.25) is 11.6 Å². The molecule has 6 aromatic rings. The second-order valence-electron chi connectivity index (χ2n) is 21.3. The molecule has 2 fully saturated rings. The van der Waals surface area contributed by atoms with Crippen molar-refractivity contribution < 1.29 is 33.7 Å². The van der Waals surface area contributed by atoms with E-state index in [0.29, 0.717) is 40.3 Å². The molecule has 0 unspecified atom stereocenters. The van der Waals surface area contributed by atoms with E-state index in [-0.39, 0.29) is 45.1 Å². The van der Waals surface area contributed by atoms with Gasteiger partial charge in [0.05, 0.1) is 45.3 Å². The Morgan fingerprint density at radius 1 is 0.520 bits per heavy atom. The normalized spacial score (nSPS) is 18.2. The molecule has 0 aromatic heterocycles. The molecule has 0 spiro atoms. The summed E-state index contributed by atoms with van der Waals surface area (Å²) >= 11 is 0. The van der Waals surface area contributed by atoms with Crippen molar-refractivity contribution in [2.75, 3.05) is 10.6 Å². The van der Waals surface area contributed by atoms with E-state index in [9.17, 15) is 19.9 Å². The zero-order valence-corrected chi connectivity index (χ0v) is 43.7. The molecule has 6 aromatic carbocycles. The summed E-state index contributed by atoms with van der Waals surface area (Å²) in [5.74, 6) is 0.0604. The molecular weight excluding hydrogens is 938 g/mol. The second kappa shape index (κ2) is 24.9. The van der Waals surface area contributed by atoms with Gasteiger partial charge in [-0.05, 0) is 159 Å². The first kappa shape index (κ1) is 52.7. The number of nitrogens with zero attached hydrogens (tertiary/aromatic N) is 1. The standard InChI is InChI=1S/C65H72FN3O6/c1-3-5-7-9-11-13-42-15-21-45(22-16-42)47-25-35-52(36-26-47)74-56-39-54(68-50-31-19-44(41-67)20-32-50)58-60(62(56)70)65(73)59-55(69-51-33-29-49(66)30-34-51)40-57(63(71)61(59)64(58)72)75-53-37-27-48(28-38-53)46-23-17-43(18-24-46)14-12-10-8-6-4-2/h19-20,25-40,42-43,45-46,68-71H,3-18,21-24H2,1-2H3. The van der Waals surface area contributed by atoms with Gasteiger partial charge in [-0.3, -0.25) is 9.59 Å². The number of hydrogen-bond acceptors (Lipinski definition) is 9. The number of carbonyl (C=O) groups is 2. The van der Waals surface area contributed by atoms with Gasteiger partial charge in [0.1, 0.15) is 17.3 Å². The Hall–Kier alpha value is -7.12. The molecular formula is C65H72FN3O6. The highest BCUT2D eigenvalue weighted by Gasteiger charge is 2.41. The van der Waals surface area contributed by atoms with Gasteiger partial charge >= 0.3 is 0 Å². The quantitative estimate of drug-likeness (QED) is 0.0386. The molecule has 9 rings (SSSR count). The van der Waals surface area contributed by atoms with E-state index in [4.69, 9.17) is 9.47 Å². The van der Waals surface area contributed by atoms with Crippen LogP contribution >= 0.6 is 0 Å². The van der Waals surface area contributed by atoms with Crippen LogP contribution in [0.25, 0.3) is 0 Å². The number of hydrogen-bond donors (Lipinski definition) is 4. The van der Waals surface area contributed by atoms with Crippen molar-refractivity contribution in [3.63, 3.8) is 0 Å². The predicted octanol–water partition coefficient (Wildman–Crippen LogP) is 18.2. The van der Waals surface area contributed by atoms with Crippen molar-refractivity contribution in [3.8, 4) is 40.6 Å². The summed E-state index contributed by atoms with van der Waals surface area (Å²) in [6.45, 7) is 4.50. The molecule has 0 aliphatic heterocycles. The lowest BCUT2D eigenvalue weighted by Gasteiger charge is -2.29. The van der Waals surface area contributed by atoms with Crippen molar-refractivity contribution >= 4 is 34.3 Å². The van der Waals surface area contributed by atoms with E-state index in [1.807, 2.05) is 24.3 Å². The molecule has 9 nitrogen and oxygen atoms in total. The van der Waals surface area contributed by atoms with Crippen LogP contribution in [0.2, 0.25) is 0 Å². The number of rotatable bonds is 22. The first-order valence-electron chi connectivity index (χ1n) is 27.8. The Morgan fingerprint density at radius 2 is 0.907 bits per heavy atom. The summed E-state index contributed by atoms with van der Waals surface area (Å²) < 4.78 is 27.0. The van der Waals surface area contributed by atoms with E-state index in [2.05, 4.69) is 54.8 Å². The Kier molecular flexibility index (Phi) is 17.5. The number of ether oxygens (including phenoxy) is 2. The number of nitriles is 1. The van der Waals surface area contributed by atoms with Gasteiger partial charge in [0, 0.05) is 23.5 Å². The van der Waals surface area contributed by atoms with Gasteiger partial charge in [-0.25, -0.2) is 4.39 Å². The fraction of sp³-hybridized carbons (Fsp3) is 0.400. The number of ketones is 2. The average Bonchev–Trinajstić information content (AvgIpc) is 3.47. The van der Waals surface area contributed by atoms with E-state index < -0.39 is 28.9 Å². The van der Waals surface area contributed by atoms with Gasteiger partial charge in [0.25, 0.3) is 0 Å².